The molecule has 0 fully saturated rings. The Balaban J connectivity index is 2.73. The van der Waals surface area contributed by atoms with Gasteiger partial charge in [-0.25, -0.2) is 4.39 Å². The van der Waals surface area contributed by atoms with E-state index in [0.717, 1.165) is 10.9 Å². The van der Waals surface area contributed by atoms with Crippen molar-refractivity contribution in [2.45, 2.75) is 26.2 Å². The van der Waals surface area contributed by atoms with Gasteiger partial charge in [-0.1, -0.05) is 26.8 Å². The van der Waals surface area contributed by atoms with Crippen LogP contribution in [0.3, 0.4) is 0 Å². The molecular formula is C13H14FN. The molecule has 0 aliphatic rings. The average Bonchev–Trinajstić information content (AvgIpc) is 2.15. The minimum absolute atomic E-state index is 0.172. The molecule has 0 saturated carbocycles. The first-order valence-electron chi connectivity index (χ1n) is 5.03. The van der Waals surface area contributed by atoms with E-state index in [4.69, 9.17) is 0 Å². The van der Waals surface area contributed by atoms with E-state index in [9.17, 15) is 4.39 Å². The summed E-state index contributed by atoms with van der Waals surface area (Å²) in [5, 5.41) is 0.990. The molecule has 0 atom stereocenters. The van der Waals surface area contributed by atoms with Crippen LogP contribution in [0.2, 0.25) is 0 Å². The fourth-order valence-electron chi connectivity index (χ4n) is 1.67. The van der Waals surface area contributed by atoms with Crippen LogP contribution in [0.4, 0.5) is 4.39 Å². The van der Waals surface area contributed by atoms with Crippen molar-refractivity contribution in [3.63, 3.8) is 0 Å². The van der Waals surface area contributed by atoms with Gasteiger partial charge in [0.1, 0.15) is 5.82 Å². The van der Waals surface area contributed by atoms with E-state index >= 15 is 0 Å². The van der Waals surface area contributed by atoms with Crippen LogP contribution >= 0.6 is 0 Å². The molecule has 0 spiro atoms. The van der Waals surface area contributed by atoms with Crippen LogP contribution in [0.5, 0.6) is 0 Å². The van der Waals surface area contributed by atoms with E-state index in [1.807, 2.05) is 39.0 Å². The third-order valence-electron chi connectivity index (χ3n) is 2.50. The Morgan fingerprint density at radius 2 is 1.93 bits per heavy atom. The summed E-state index contributed by atoms with van der Waals surface area (Å²) < 4.78 is 13.8. The van der Waals surface area contributed by atoms with Crippen LogP contribution in [-0.2, 0) is 5.41 Å². The van der Waals surface area contributed by atoms with E-state index < -0.39 is 0 Å². The number of fused-ring (bicyclic) bond motifs is 1. The monoisotopic (exact) mass is 203 g/mol. The van der Waals surface area contributed by atoms with Crippen LogP contribution in [0.15, 0.2) is 30.5 Å². The van der Waals surface area contributed by atoms with Crippen LogP contribution in [0.25, 0.3) is 10.9 Å². The second kappa shape index (κ2) is 3.30. The van der Waals surface area contributed by atoms with E-state index in [1.165, 1.54) is 6.07 Å². The van der Waals surface area contributed by atoms with Gasteiger partial charge in [-0.2, -0.15) is 0 Å². The van der Waals surface area contributed by atoms with Crippen LogP contribution in [-0.4, -0.2) is 4.98 Å². The molecule has 78 valence electrons. The lowest BCUT2D eigenvalue weighted by Crippen LogP contribution is -2.13. The smallest absolute Gasteiger partial charge is 0.129 e. The number of hydrogen-bond acceptors (Lipinski definition) is 1. The zero-order chi connectivity index (χ0) is 11.1. The summed E-state index contributed by atoms with van der Waals surface area (Å²) in [4.78, 5) is 4.13. The third kappa shape index (κ3) is 1.84. The summed E-state index contributed by atoms with van der Waals surface area (Å²) in [5.41, 5.74) is 1.28. The van der Waals surface area contributed by atoms with Crippen LogP contribution in [0.1, 0.15) is 26.3 Å². The molecule has 2 rings (SSSR count). The molecule has 1 nitrogen and oxygen atoms in total. The molecule has 0 saturated heterocycles. The fourth-order valence-corrected chi connectivity index (χ4v) is 1.67. The molecule has 15 heavy (non-hydrogen) atoms. The molecule has 1 aromatic carbocycles. The molecule has 0 amide bonds. The minimum atomic E-state index is -0.173. The van der Waals surface area contributed by atoms with Crippen molar-refractivity contribution in [1.82, 2.24) is 4.98 Å². The van der Waals surface area contributed by atoms with Crippen molar-refractivity contribution in [1.29, 1.82) is 0 Å². The molecule has 0 unspecified atom stereocenters. The lowest BCUT2D eigenvalue weighted by atomic mass is 9.86. The highest BCUT2D eigenvalue weighted by molar-refractivity contribution is 5.79. The standard InChI is InChI=1S/C13H14FN/c1-13(2,3)10-7-9-5-4-6-15-12(9)8-11(10)14/h4-8H,1-3H3. The summed E-state index contributed by atoms with van der Waals surface area (Å²) in [5.74, 6) is -0.172. The Kier molecular flexibility index (Phi) is 2.22. The highest BCUT2D eigenvalue weighted by Crippen LogP contribution is 2.28. The predicted molar refractivity (Wildman–Crippen MR) is 60.4 cm³/mol. The molecule has 0 aliphatic heterocycles. The molecule has 2 heteroatoms. The normalized spacial score (nSPS) is 12.0. The van der Waals surface area contributed by atoms with Gasteiger partial charge in [-0.05, 0) is 23.1 Å². The number of aromatic nitrogens is 1. The third-order valence-corrected chi connectivity index (χ3v) is 2.50. The van der Waals surface area contributed by atoms with E-state index in [-0.39, 0.29) is 11.2 Å². The highest BCUT2D eigenvalue weighted by Gasteiger charge is 2.18. The van der Waals surface area contributed by atoms with Crippen molar-refractivity contribution in [3.05, 3.63) is 41.8 Å². The van der Waals surface area contributed by atoms with Crippen molar-refractivity contribution in [2.24, 2.45) is 0 Å². The van der Waals surface area contributed by atoms with Gasteiger partial charge in [0, 0.05) is 17.6 Å². The lowest BCUT2D eigenvalue weighted by Gasteiger charge is -2.20. The van der Waals surface area contributed by atoms with E-state index in [0.29, 0.717) is 5.52 Å². The van der Waals surface area contributed by atoms with Gasteiger partial charge in [0.2, 0.25) is 0 Å². The summed E-state index contributed by atoms with van der Waals surface area (Å²) in [6.45, 7) is 6.02. The first kappa shape index (κ1) is 10.1. The number of pyridine rings is 1. The quantitative estimate of drug-likeness (QED) is 0.636. The first-order valence-corrected chi connectivity index (χ1v) is 5.03. The lowest BCUT2D eigenvalue weighted by molar-refractivity contribution is 0.524. The van der Waals surface area contributed by atoms with Crippen LogP contribution < -0.4 is 0 Å². The summed E-state index contributed by atoms with van der Waals surface area (Å²) in [6, 6.07) is 7.22. The Labute approximate surface area is 89.0 Å². The van der Waals surface area contributed by atoms with Gasteiger partial charge in [0.25, 0.3) is 0 Å². The summed E-state index contributed by atoms with van der Waals surface area (Å²) in [7, 11) is 0. The largest absolute Gasteiger partial charge is 0.256 e. The second-order valence-electron chi connectivity index (χ2n) is 4.78. The maximum atomic E-state index is 13.8. The molecule has 1 heterocycles. The van der Waals surface area contributed by atoms with Crippen molar-refractivity contribution < 1.29 is 4.39 Å². The zero-order valence-corrected chi connectivity index (χ0v) is 9.21. The zero-order valence-electron chi connectivity index (χ0n) is 9.21. The topological polar surface area (TPSA) is 12.9 Å². The van der Waals surface area contributed by atoms with E-state index in [2.05, 4.69) is 4.98 Å². The highest BCUT2D eigenvalue weighted by atomic mass is 19.1. The molecule has 0 aliphatic carbocycles. The van der Waals surface area contributed by atoms with Gasteiger partial charge >= 0.3 is 0 Å². The number of halogens is 1. The number of nitrogens with zero attached hydrogens (tertiary/aromatic N) is 1. The van der Waals surface area contributed by atoms with Crippen LogP contribution in [0, 0.1) is 5.82 Å². The van der Waals surface area contributed by atoms with Crippen molar-refractivity contribution >= 4 is 10.9 Å². The number of benzene rings is 1. The van der Waals surface area contributed by atoms with Gasteiger partial charge in [0.15, 0.2) is 0 Å². The molecule has 0 radical (unpaired) electrons. The number of hydrogen-bond donors (Lipinski definition) is 0. The Bertz CT molecular complexity index is 497. The van der Waals surface area contributed by atoms with Gasteiger partial charge in [0.05, 0.1) is 5.52 Å². The van der Waals surface area contributed by atoms with Crippen molar-refractivity contribution in [2.75, 3.05) is 0 Å². The second-order valence-corrected chi connectivity index (χ2v) is 4.78. The maximum Gasteiger partial charge on any atom is 0.129 e. The molecule has 0 N–H and O–H groups in total. The van der Waals surface area contributed by atoms with Gasteiger partial charge in [-0.15, -0.1) is 0 Å². The SMILES string of the molecule is CC(C)(C)c1cc2cccnc2cc1F. The van der Waals surface area contributed by atoms with Gasteiger partial charge in [-0.3, -0.25) is 4.98 Å². The Hall–Kier alpha value is -1.44. The molecule has 2 aromatic rings. The maximum absolute atomic E-state index is 13.8. The average molecular weight is 203 g/mol. The van der Waals surface area contributed by atoms with Crippen molar-refractivity contribution in [3.8, 4) is 0 Å². The Morgan fingerprint density at radius 1 is 1.20 bits per heavy atom. The molecule has 0 bridgehead atoms. The Morgan fingerprint density at radius 3 is 2.60 bits per heavy atom. The number of rotatable bonds is 0. The summed E-state index contributed by atoms with van der Waals surface area (Å²) in [6.07, 6.45) is 1.68. The molecule has 1 aromatic heterocycles. The minimum Gasteiger partial charge on any atom is -0.256 e. The fraction of sp³-hybridized carbons (Fsp3) is 0.308. The molecular weight excluding hydrogens is 189 g/mol. The first-order chi connectivity index (χ1) is 6.98. The van der Waals surface area contributed by atoms with E-state index in [1.54, 1.807) is 6.20 Å². The summed E-state index contributed by atoms with van der Waals surface area (Å²) >= 11 is 0. The predicted octanol–water partition coefficient (Wildman–Crippen LogP) is 3.67. The van der Waals surface area contributed by atoms with Gasteiger partial charge < -0.3 is 0 Å².